The topological polar surface area (TPSA) is 66.5 Å². The third-order valence-electron chi connectivity index (χ3n) is 5.99. The van der Waals surface area contributed by atoms with Crippen molar-refractivity contribution in [2.75, 3.05) is 24.6 Å². The minimum atomic E-state index is -3.01. The van der Waals surface area contributed by atoms with Crippen molar-refractivity contribution in [2.45, 2.75) is 30.7 Å². The van der Waals surface area contributed by atoms with E-state index < -0.39 is 9.84 Å². The summed E-state index contributed by atoms with van der Waals surface area (Å²) < 4.78 is 23.4. The number of rotatable bonds is 3. The summed E-state index contributed by atoms with van der Waals surface area (Å²) in [6.45, 7) is 1.28. The number of amides is 2. The normalized spacial score (nSPS) is 23.3. The maximum absolute atomic E-state index is 12.9. The number of urea groups is 1. The Morgan fingerprint density at radius 1 is 1.00 bits per heavy atom. The van der Waals surface area contributed by atoms with E-state index in [0.29, 0.717) is 19.5 Å². The van der Waals surface area contributed by atoms with Gasteiger partial charge >= 0.3 is 6.03 Å². The number of nitrogens with zero attached hydrogens (tertiary/aromatic N) is 1. The summed E-state index contributed by atoms with van der Waals surface area (Å²) in [6.07, 6.45) is 2.38. The van der Waals surface area contributed by atoms with E-state index in [1.807, 2.05) is 41.3 Å². The zero-order chi connectivity index (χ0) is 19.6. The largest absolute Gasteiger partial charge is 0.334 e. The highest BCUT2D eigenvalue weighted by Crippen LogP contribution is 2.40. The zero-order valence-corrected chi connectivity index (χ0v) is 16.7. The number of carbonyl (C=O) groups is 1. The lowest BCUT2D eigenvalue weighted by atomic mass is 9.69. The van der Waals surface area contributed by atoms with Crippen LogP contribution in [0.25, 0.3) is 0 Å². The van der Waals surface area contributed by atoms with Crippen LogP contribution >= 0.6 is 0 Å². The number of carbonyl (C=O) groups excluding carboxylic acids is 1. The first kappa shape index (κ1) is 19.0. The molecule has 1 atom stereocenters. The van der Waals surface area contributed by atoms with Crippen LogP contribution in [-0.2, 0) is 15.3 Å². The van der Waals surface area contributed by atoms with Crippen molar-refractivity contribution in [1.82, 2.24) is 10.2 Å². The third kappa shape index (κ3) is 3.78. The second-order valence-electron chi connectivity index (χ2n) is 7.89. The fourth-order valence-electron chi connectivity index (χ4n) is 4.56. The zero-order valence-electron chi connectivity index (χ0n) is 15.9. The van der Waals surface area contributed by atoms with E-state index in [2.05, 4.69) is 29.6 Å². The molecule has 2 aromatic carbocycles. The third-order valence-corrected chi connectivity index (χ3v) is 7.76. The van der Waals surface area contributed by atoms with Crippen molar-refractivity contribution in [3.63, 3.8) is 0 Å². The maximum Gasteiger partial charge on any atom is 0.317 e. The van der Waals surface area contributed by atoms with Gasteiger partial charge in [0.05, 0.1) is 11.5 Å². The minimum absolute atomic E-state index is 0.0507. The first-order valence-corrected chi connectivity index (χ1v) is 11.7. The molecule has 0 aliphatic carbocycles. The van der Waals surface area contributed by atoms with Gasteiger partial charge in [-0.25, -0.2) is 13.2 Å². The summed E-state index contributed by atoms with van der Waals surface area (Å²) in [7, 11) is -3.01. The van der Waals surface area contributed by atoms with Gasteiger partial charge in [-0.15, -0.1) is 0 Å². The highest BCUT2D eigenvalue weighted by molar-refractivity contribution is 7.91. The van der Waals surface area contributed by atoms with Crippen molar-refractivity contribution in [2.24, 2.45) is 0 Å². The van der Waals surface area contributed by atoms with Crippen molar-refractivity contribution < 1.29 is 13.2 Å². The minimum Gasteiger partial charge on any atom is -0.334 e. The molecule has 2 fully saturated rings. The van der Waals surface area contributed by atoms with Crippen LogP contribution in [0, 0.1) is 0 Å². The van der Waals surface area contributed by atoms with Crippen LogP contribution in [0.15, 0.2) is 60.7 Å². The predicted octanol–water partition coefficient (Wildman–Crippen LogP) is 2.97. The fraction of sp³-hybridized carbons (Fsp3) is 0.409. The van der Waals surface area contributed by atoms with Gasteiger partial charge in [-0.1, -0.05) is 60.7 Å². The molecule has 2 aliphatic heterocycles. The summed E-state index contributed by atoms with van der Waals surface area (Å²) in [4.78, 5) is 14.8. The van der Waals surface area contributed by atoms with Gasteiger partial charge in [0.15, 0.2) is 9.84 Å². The number of hydrogen-bond donors (Lipinski definition) is 1. The number of nitrogens with one attached hydrogen (secondary N) is 1. The Bertz CT molecular complexity index is 889. The molecule has 6 heteroatoms. The SMILES string of the molecule is O=C(NC1CCS(=O)(=O)C1)N1CCCC(c2ccccc2)(c2ccccc2)C1. The molecule has 1 N–H and O–H groups in total. The molecule has 2 heterocycles. The molecule has 2 aromatic rings. The summed E-state index contributed by atoms with van der Waals surface area (Å²) in [6, 6.07) is 20.3. The number of benzene rings is 2. The highest BCUT2D eigenvalue weighted by atomic mass is 32.2. The Labute approximate surface area is 166 Å². The van der Waals surface area contributed by atoms with Crippen molar-refractivity contribution in [3.8, 4) is 0 Å². The van der Waals surface area contributed by atoms with Crippen molar-refractivity contribution in [1.29, 1.82) is 0 Å². The molecule has 0 aromatic heterocycles. The van der Waals surface area contributed by atoms with E-state index in [1.165, 1.54) is 11.1 Å². The van der Waals surface area contributed by atoms with Crippen LogP contribution in [0.3, 0.4) is 0 Å². The molecule has 2 aliphatic rings. The fourth-order valence-corrected chi connectivity index (χ4v) is 6.23. The van der Waals surface area contributed by atoms with Gasteiger partial charge in [-0.2, -0.15) is 0 Å². The first-order chi connectivity index (χ1) is 13.5. The summed E-state index contributed by atoms with van der Waals surface area (Å²) >= 11 is 0. The van der Waals surface area contributed by atoms with E-state index in [9.17, 15) is 13.2 Å². The molecule has 2 saturated heterocycles. The number of likely N-dealkylation sites (tertiary alicyclic amines) is 1. The van der Waals surface area contributed by atoms with Crippen molar-refractivity contribution in [3.05, 3.63) is 71.8 Å². The Balaban J connectivity index is 1.59. The molecule has 4 rings (SSSR count). The van der Waals surface area contributed by atoms with E-state index in [1.54, 1.807) is 0 Å². The van der Waals surface area contributed by atoms with Crippen LogP contribution in [-0.4, -0.2) is 50.0 Å². The molecular weight excluding hydrogens is 372 g/mol. The van der Waals surface area contributed by atoms with Crippen LogP contribution in [0.2, 0.25) is 0 Å². The Hall–Kier alpha value is -2.34. The van der Waals surface area contributed by atoms with Crippen LogP contribution in [0.1, 0.15) is 30.4 Å². The molecule has 0 saturated carbocycles. The average Bonchev–Trinajstić information content (AvgIpc) is 3.07. The van der Waals surface area contributed by atoms with Gasteiger partial charge in [0, 0.05) is 24.5 Å². The number of sulfone groups is 1. The Morgan fingerprint density at radius 3 is 2.14 bits per heavy atom. The van der Waals surface area contributed by atoms with Gasteiger partial charge in [0.1, 0.15) is 0 Å². The molecule has 5 nitrogen and oxygen atoms in total. The monoisotopic (exact) mass is 398 g/mol. The van der Waals surface area contributed by atoms with Gasteiger partial charge in [-0.3, -0.25) is 0 Å². The lowest BCUT2D eigenvalue weighted by Gasteiger charge is -2.44. The van der Waals surface area contributed by atoms with Crippen LogP contribution in [0.4, 0.5) is 4.79 Å². The number of piperidine rings is 1. The lowest BCUT2D eigenvalue weighted by Crippen LogP contribution is -2.53. The first-order valence-electron chi connectivity index (χ1n) is 9.85. The van der Waals surface area contributed by atoms with E-state index in [0.717, 1.165) is 12.8 Å². The summed E-state index contributed by atoms with van der Waals surface area (Å²) in [5, 5.41) is 2.95. The Morgan fingerprint density at radius 2 is 1.61 bits per heavy atom. The van der Waals surface area contributed by atoms with Gasteiger partial charge in [0.2, 0.25) is 0 Å². The van der Waals surface area contributed by atoms with Gasteiger partial charge in [0.25, 0.3) is 0 Å². The van der Waals surface area contributed by atoms with Gasteiger partial charge < -0.3 is 10.2 Å². The van der Waals surface area contributed by atoms with Gasteiger partial charge in [-0.05, 0) is 30.4 Å². The van der Waals surface area contributed by atoms with Crippen molar-refractivity contribution >= 4 is 15.9 Å². The molecular formula is C22H26N2O3S. The smallest absolute Gasteiger partial charge is 0.317 e. The van der Waals surface area contributed by atoms with Crippen LogP contribution < -0.4 is 5.32 Å². The summed E-state index contributed by atoms with van der Waals surface area (Å²) in [5.74, 6) is 0.213. The lowest BCUT2D eigenvalue weighted by molar-refractivity contribution is 0.160. The molecule has 0 spiro atoms. The maximum atomic E-state index is 12.9. The van der Waals surface area contributed by atoms with E-state index in [4.69, 9.17) is 0 Å². The second-order valence-corrected chi connectivity index (χ2v) is 10.1. The molecule has 2 amide bonds. The highest BCUT2D eigenvalue weighted by Gasteiger charge is 2.40. The van der Waals surface area contributed by atoms with Crippen LogP contribution in [0.5, 0.6) is 0 Å². The van der Waals surface area contributed by atoms with E-state index >= 15 is 0 Å². The molecule has 148 valence electrons. The molecule has 28 heavy (non-hydrogen) atoms. The molecule has 0 bridgehead atoms. The Kier molecular flexibility index (Phi) is 5.15. The summed E-state index contributed by atoms with van der Waals surface area (Å²) in [5.41, 5.74) is 2.17. The predicted molar refractivity (Wildman–Crippen MR) is 110 cm³/mol. The second kappa shape index (κ2) is 7.59. The van der Waals surface area contributed by atoms with E-state index in [-0.39, 0.29) is 29.0 Å². The number of hydrogen-bond acceptors (Lipinski definition) is 3. The molecule has 0 radical (unpaired) electrons. The molecule has 1 unspecified atom stereocenters. The standard InChI is InChI=1S/C22H26N2O3S/c25-21(23-20-12-15-28(26,27)16-20)24-14-7-13-22(17-24,18-8-3-1-4-9-18)19-10-5-2-6-11-19/h1-6,8-11,20H,7,12-17H2,(H,23,25). The quantitative estimate of drug-likeness (QED) is 0.864. The average molecular weight is 399 g/mol.